The van der Waals surface area contributed by atoms with Gasteiger partial charge in [-0.3, -0.25) is 4.79 Å². The third kappa shape index (κ3) is 4.06. The van der Waals surface area contributed by atoms with Crippen LogP contribution >= 0.6 is 45.9 Å². The lowest BCUT2D eigenvalue weighted by Gasteiger charge is -2.05. The van der Waals surface area contributed by atoms with Crippen LogP contribution in [0.2, 0.25) is 8.67 Å². The number of nitrogens with zero attached hydrogens (tertiary/aromatic N) is 1. The van der Waals surface area contributed by atoms with Gasteiger partial charge in [-0.1, -0.05) is 65.7 Å². The number of halogens is 2. The maximum absolute atomic E-state index is 12.3. The maximum Gasteiger partial charge on any atom is 0.258 e. The summed E-state index contributed by atoms with van der Waals surface area (Å²) in [4.78, 5) is 17.0. The van der Waals surface area contributed by atoms with Crippen LogP contribution in [0.4, 0.5) is 5.69 Å². The smallest absolute Gasteiger partial charge is 0.258 e. The molecular weight excluding hydrogens is 419 g/mol. The number of carbonyl (C=O) groups excluding carboxylic acids is 1. The van der Waals surface area contributed by atoms with Gasteiger partial charge < -0.3 is 5.32 Å². The molecule has 4 rings (SSSR count). The highest BCUT2D eigenvalue weighted by Gasteiger charge is 2.14. The second-order valence-electron chi connectivity index (χ2n) is 5.67. The summed E-state index contributed by atoms with van der Waals surface area (Å²) in [6.45, 7) is 0. The van der Waals surface area contributed by atoms with Gasteiger partial charge in [-0.2, -0.15) is 0 Å². The van der Waals surface area contributed by atoms with Gasteiger partial charge in [0.1, 0.15) is 9.34 Å². The van der Waals surface area contributed by atoms with Crippen molar-refractivity contribution in [2.24, 2.45) is 0 Å². The number of rotatable bonds is 4. The van der Waals surface area contributed by atoms with Gasteiger partial charge in [-0.15, -0.1) is 22.7 Å². The molecule has 0 unspecified atom stereocenters. The van der Waals surface area contributed by atoms with Crippen molar-refractivity contribution in [3.8, 4) is 21.8 Å². The standard InChI is InChI=1S/C20H12Cl2N2OS2/c21-17-10-15(18(22)27-17)19(25)23-14-8-6-12(7-9-14)16-11-26-20(24-16)13-4-2-1-3-5-13/h1-11H,(H,23,25). The summed E-state index contributed by atoms with van der Waals surface area (Å²) in [6.07, 6.45) is 0. The Kier molecular flexibility index (Phi) is 5.27. The number of carbonyl (C=O) groups is 1. The second kappa shape index (κ2) is 7.82. The molecule has 2 heterocycles. The Bertz CT molecular complexity index is 1090. The minimum absolute atomic E-state index is 0.282. The topological polar surface area (TPSA) is 42.0 Å². The van der Waals surface area contributed by atoms with Crippen LogP contribution in [0.5, 0.6) is 0 Å². The first-order valence-corrected chi connectivity index (χ1v) is 10.4. The van der Waals surface area contributed by atoms with E-state index >= 15 is 0 Å². The number of benzene rings is 2. The van der Waals surface area contributed by atoms with Crippen molar-refractivity contribution in [2.45, 2.75) is 0 Å². The molecule has 2 aromatic carbocycles. The Morgan fingerprint density at radius 2 is 1.70 bits per heavy atom. The van der Waals surface area contributed by atoms with Crippen molar-refractivity contribution in [2.75, 3.05) is 5.32 Å². The van der Waals surface area contributed by atoms with Crippen molar-refractivity contribution < 1.29 is 4.79 Å². The highest BCUT2D eigenvalue weighted by molar-refractivity contribution is 7.20. The molecule has 0 radical (unpaired) electrons. The van der Waals surface area contributed by atoms with Crippen LogP contribution in [-0.2, 0) is 0 Å². The number of amides is 1. The van der Waals surface area contributed by atoms with Gasteiger partial charge in [0.2, 0.25) is 0 Å². The van der Waals surface area contributed by atoms with E-state index in [9.17, 15) is 4.79 Å². The molecule has 0 bridgehead atoms. The zero-order chi connectivity index (χ0) is 18.8. The molecule has 0 fully saturated rings. The zero-order valence-corrected chi connectivity index (χ0v) is 16.9. The number of thiophene rings is 1. The summed E-state index contributed by atoms with van der Waals surface area (Å²) in [5.41, 5.74) is 4.06. The SMILES string of the molecule is O=C(Nc1ccc(-c2csc(-c3ccccc3)n2)cc1)c1cc(Cl)sc1Cl. The van der Waals surface area contributed by atoms with Crippen LogP contribution in [0, 0.1) is 0 Å². The Morgan fingerprint density at radius 1 is 0.963 bits per heavy atom. The summed E-state index contributed by atoms with van der Waals surface area (Å²) < 4.78 is 0.864. The number of aromatic nitrogens is 1. The summed E-state index contributed by atoms with van der Waals surface area (Å²) in [5.74, 6) is -0.282. The van der Waals surface area contributed by atoms with Gasteiger partial charge in [-0.25, -0.2) is 4.98 Å². The van der Waals surface area contributed by atoms with E-state index in [2.05, 4.69) is 5.32 Å². The average molecular weight is 431 g/mol. The Morgan fingerprint density at radius 3 is 2.37 bits per heavy atom. The number of anilines is 1. The fraction of sp³-hybridized carbons (Fsp3) is 0. The van der Waals surface area contributed by atoms with Crippen LogP contribution in [0.1, 0.15) is 10.4 Å². The van der Waals surface area contributed by atoms with Gasteiger partial charge in [0.15, 0.2) is 0 Å². The van der Waals surface area contributed by atoms with E-state index < -0.39 is 0 Å². The van der Waals surface area contributed by atoms with E-state index in [0.717, 1.165) is 21.8 Å². The molecule has 0 atom stereocenters. The molecule has 7 heteroatoms. The molecule has 1 N–H and O–H groups in total. The minimum atomic E-state index is -0.282. The molecule has 0 aliphatic carbocycles. The molecule has 0 aliphatic rings. The highest BCUT2D eigenvalue weighted by Crippen LogP contribution is 2.32. The van der Waals surface area contributed by atoms with E-state index in [0.29, 0.717) is 19.9 Å². The summed E-state index contributed by atoms with van der Waals surface area (Å²) >= 11 is 14.7. The van der Waals surface area contributed by atoms with Crippen molar-refractivity contribution in [3.05, 3.63) is 80.3 Å². The minimum Gasteiger partial charge on any atom is -0.322 e. The molecule has 2 aromatic heterocycles. The third-order valence-electron chi connectivity index (χ3n) is 3.86. The predicted octanol–water partition coefficient (Wildman–Crippen LogP) is 7.10. The van der Waals surface area contributed by atoms with Crippen LogP contribution in [0.15, 0.2) is 66.0 Å². The van der Waals surface area contributed by atoms with E-state index in [1.54, 1.807) is 17.4 Å². The first kappa shape index (κ1) is 18.2. The average Bonchev–Trinajstić information content (AvgIpc) is 3.30. The van der Waals surface area contributed by atoms with E-state index in [1.807, 2.05) is 60.0 Å². The quantitative estimate of drug-likeness (QED) is 0.375. The summed E-state index contributed by atoms with van der Waals surface area (Å²) in [5, 5.41) is 5.84. The zero-order valence-electron chi connectivity index (χ0n) is 13.8. The van der Waals surface area contributed by atoms with Crippen LogP contribution in [0.3, 0.4) is 0 Å². The molecule has 0 saturated carbocycles. The first-order chi connectivity index (χ1) is 13.1. The van der Waals surface area contributed by atoms with E-state index in [4.69, 9.17) is 28.2 Å². The van der Waals surface area contributed by atoms with Crippen molar-refractivity contribution >= 4 is 57.5 Å². The predicted molar refractivity (Wildman–Crippen MR) is 115 cm³/mol. The molecule has 3 nitrogen and oxygen atoms in total. The molecule has 0 spiro atoms. The van der Waals surface area contributed by atoms with Gasteiger partial charge in [0.05, 0.1) is 15.6 Å². The Hall–Kier alpha value is -2.18. The number of hydrogen-bond donors (Lipinski definition) is 1. The van der Waals surface area contributed by atoms with Gasteiger partial charge in [0, 0.05) is 22.2 Å². The normalized spacial score (nSPS) is 10.7. The van der Waals surface area contributed by atoms with Crippen LogP contribution < -0.4 is 5.32 Å². The van der Waals surface area contributed by atoms with E-state index in [1.165, 1.54) is 11.3 Å². The fourth-order valence-electron chi connectivity index (χ4n) is 2.54. The highest BCUT2D eigenvalue weighted by atomic mass is 35.5. The lowest BCUT2D eigenvalue weighted by atomic mass is 10.1. The van der Waals surface area contributed by atoms with Crippen molar-refractivity contribution in [1.29, 1.82) is 0 Å². The monoisotopic (exact) mass is 430 g/mol. The van der Waals surface area contributed by atoms with Crippen LogP contribution in [-0.4, -0.2) is 10.9 Å². The molecule has 134 valence electrons. The third-order valence-corrected chi connectivity index (χ3v) is 6.24. The number of thiazole rings is 1. The Balaban J connectivity index is 1.50. The molecule has 1 amide bonds. The molecular formula is C20H12Cl2N2OS2. The summed E-state index contributed by atoms with van der Waals surface area (Å²) in [6, 6.07) is 19.2. The van der Waals surface area contributed by atoms with E-state index in [-0.39, 0.29) is 5.91 Å². The van der Waals surface area contributed by atoms with Crippen LogP contribution in [0.25, 0.3) is 21.8 Å². The first-order valence-electron chi connectivity index (χ1n) is 7.98. The maximum atomic E-state index is 12.3. The Labute approximate surface area is 174 Å². The van der Waals surface area contributed by atoms with Gasteiger partial charge in [-0.05, 0) is 18.2 Å². The van der Waals surface area contributed by atoms with Crippen molar-refractivity contribution in [1.82, 2.24) is 4.98 Å². The molecule has 0 saturated heterocycles. The fourth-order valence-corrected chi connectivity index (χ4v) is 4.83. The number of nitrogens with one attached hydrogen (secondary N) is 1. The van der Waals surface area contributed by atoms with Gasteiger partial charge >= 0.3 is 0 Å². The van der Waals surface area contributed by atoms with Gasteiger partial charge in [0.25, 0.3) is 5.91 Å². The summed E-state index contributed by atoms with van der Waals surface area (Å²) in [7, 11) is 0. The van der Waals surface area contributed by atoms with Crippen molar-refractivity contribution in [3.63, 3.8) is 0 Å². The number of hydrogen-bond acceptors (Lipinski definition) is 4. The second-order valence-corrected chi connectivity index (χ2v) is 8.82. The molecule has 0 aliphatic heterocycles. The molecule has 4 aromatic rings. The lowest BCUT2D eigenvalue weighted by molar-refractivity contribution is 0.102. The largest absolute Gasteiger partial charge is 0.322 e. The lowest BCUT2D eigenvalue weighted by Crippen LogP contribution is -2.11. The molecule has 27 heavy (non-hydrogen) atoms.